The Balaban J connectivity index is 1.60. The van der Waals surface area contributed by atoms with Gasteiger partial charge in [0.2, 0.25) is 0 Å². The Morgan fingerprint density at radius 1 is 1.36 bits per heavy atom. The first-order chi connectivity index (χ1) is 12.2. The number of carbonyl (C=O) groups excluding carboxylic acids is 1. The van der Waals surface area contributed by atoms with Crippen molar-refractivity contribution >= 4 is 16.9 Å². The molecule has 1 unspecified atom stereocenters. The third kappa shape index (κ3) is 3.15. The second-order valence-corrected chi connectivity index (χ2v) is 6.43. The van der Waals surface area contributed by atoms with E-state index in [1.807, 2.05) is 29.9 Å². The van der Waals surface area contributed by atoms with Gasteiger partial charge in [0, 0.05) is 38.2 Å². The lowest BCUT2D eigenvalue weighted by Gasteiger charge is -2.30. The molecule has 0 saturated carbocycles. The zero-order valence-electron chi connectivity index (χ0n) is 14.1. The SMILES string of the molecule is Cn1ccnc1C(NC(=O)c1ccc2nc[nH]c2c1)C1CCOCC1. The zero-order valence-corrected chi connectivity index (χ0v) is 14.1. The van der Waals surface area contributed by atoms with E-state index in [1.165, 1.54) is 0 Å². The lowest BCUT2D eigenvalue weighted by molar-refractivity contribution is 0.0499. The van der Waals surface area contributed by atoms with E-state index in [4.69, 9.17) is 4.74 Å². The first-order valence-electron chi connectivity index (χ1n) is 8.51. The molecule has 7 nitrogen and oxygen atoms in total. The largest absolute Gasteiger partial charge is 0.381 e. The summed E-state index contributed by atoms with van der Waals surface area (Å²) in [6, 6.07) is 5.36. The highest BCUT2D eigenvalue weighted by Crippen LogP contribution is 2.29. The van der Waals surface area contributed by atoms with Crippen molar-refractivity contribution in [1.29, 1.82) is 0 Å². The summed E-state index contributed by atoms with van der Waals surface area (Å²) in [6.45, 7) is 1.45. The van der Waals surface area contributed by atoms with Crippen LogP contribution < -0.4 is 5.32 Å². The summed E-state index contributed by atoms with van der Waals surface area (Å²) >= 11 is 0. The fourth-order valence-corrected chi connectivity index (χ4v) is 3.42. The minimum atomic E-state index is -0.131. The number of fused-ring (bicyclic) bond motifs is 1. The predicted molar refractivity (Wildman–Crippen MR) is 93.1 cm³/mol. The van der Waals surface area contributed by atoms with Crippen molar-refractivity contribution in [2.45, 2.75) is 18.9 Å². The first-order valence-corrected chi connectivity index (χ1v) is 8.51. The fraction of sp³-hybridized carbons (Fsp3) is 0.389. The first kappa shape index (κ1) is 15.8. The lowest BCUT2D eigenvalue weighted by atomic mass is 9.90. The number of aryl methyl sites for hydroxylation is 1. The van der Waals surface area contributed by atoms with Crippen molar-refractivity contribution in [1.82, 2.24) is 24.8 Å². The van der Waals surface area contributed by atoms with Gasteiger partial charge in [-0.05, 0) is 37.0 Å². The molecule has 1 aliphatic heterocycles. The van der Waals surface area contributed by atoms with Crippen LogP contribution in [0.3, 0.4) is 0 Å². The van der Waals surface area contributed by atoms with Crippen LogP contribution in [0.4, 0.5) is 0 Å². The third-order valence-corrected chi connectivity index (χ3v) is 4.84. The molecule has 2 aromatic heterocycles. The molecule has 0 bridgehead atoms. The number of amides is 1. The average Bonchev–Trinajstić information content (AvgIpc) is 3.28. The number of hydrogen-bond acceptors (Lipinski definition) is 4. The number of ether oxygens (including phenoxy) is 1. The van der Waals surface area contributed by atoms with E-state index < -0.39 is 0 Å². The molecule has 130 valence electrons. The molecule has 1 atom stereocenters. The third-order valence-electron chi connectivity index (χ3n) is 4.84. The van der Waals surface area contributed by atoms with Crippen LogP contribution in [0.1, 0.15) is 35.1 Å². The van der Waals surface area contributed by atoms with Crippen LogP contribution in [0.15, 0.2) is 36.9 Å². The number of hydrogen-bond donors (Lipinski definition) is 2. The van der Waals surface area contributed by atoms with Gasteiger partial charge in [0.25, 0.3) is 5.91 Å². The molecule has 1 saturated heterocycles. The molecular formula is C18H21N5O2. The number of H-pyrrole nitrogens is 1. The van der Waals surface area contributed by atoms with Gasteiger partial charge >= 0.3 is 0 Å². The van der Waals surface area contributed by atoms with E-state index >= 15 is 0 Å². The molecule has 3 aromatic rings. The van der Waals surface area contributed by atoms with E-state index in [9.17, 15) is 4.79 Å². The normalized spacial score (nSPS) is 16.8. The molecule has 1 aliphatic rings. The van der Waals surface area contributed by atoms with Crippen molar-refractivity contribution < 1.29 is 9.53 Å². The van der Waals surface area contributed by atoms with Crippen LogP contribution in [0.2, 0.25) is 0 Å². The number of carbonyl (C=O) groups is 1. The number of nitrogens with one attached hydrogen (secondary N) is 2. The van der Waals surface area contributed by atoms with Crippen molar-refractivity contribution in [2.24, 2.45) is 13.0 Å². The summed E-state index contributed by atoms with van der Waals surface area (Å²) in [5.74, 6) is 1.09. The van der Waals surface area contributed by atoms with Crippen LogP contribution in [0, 0.1) is 5.92 Å². The van der Waals surface area contributed by atoms with E-state index in [0.29, 0.717) is 11.5 Å². The highest BCUT2D eigenvalue weighted by Gasteiger charge is 2.30. The molecule has 0 aliphatic carbocycles. The number of nitrogens with zero attached hydrogens (tertiary/aromatic N) is 3. The molecule has 1 aromatic carbocycles. The molecule has 2 N–H and O–H groups in total. The van der Waals surface area contributed by atoms with Crippen molar-refractivity contribution in [3.8, 4) is 0 Å². The molecular weight excluding hydrogens is 318 g/mol. The Hall–Kier alpha value is -2.67. The second kappa shape index (κ2) is 6.68. The van der Waals surface area contributed by atoms with Gasteiger partial charge in [-0.2, -0.15) is 0 Å². The summed E-state index contributed by atoms with van der Waals surface area (Å²) < 4.78 is 7.45. The maximum Gasteiger partial charge on any atom is 0.251 e. The predicted octanol–water partition coefficient (Wildman–Crippen LogP) is 2.19. The Morgan fingerprint density at radius 2 is 2.20 bits per heavy atom. The zero-order chi connectivity index (χ0) is 17.2. The van der Waals surface area contributed by atoms with Gasteiger partial charge in [-0.15, -0.1) is 0 Å². The minimum absolute atomic E-state index is 0.101. The number of aromatic amines is 1. The summed E-state index contributed by atoms with van der Waals surface area (Å²) in [5, 5.41) is 3.19. The van der Waals surface area contributed by atoms with Gasteiger partial charge in [0.15, 0.2) is 0 Å². The molecule has 0 radical (unpaired) electrons. The standard InChI is InChI=1S/C18H21N5O2/c1-23-7-6-19-17(23)16(12-4-8-25-9-5-12)22-18(24)13-2-3-14-15(10-13)21-11-20-14/h2-3,6-7,10-12,16H,4-5,8-9H2,1H3,(H,20,21)(H,22,24). The summed E-state index contributed by atoms with van der Waals surface area (Å²) in [4.78, 5) is 24.6. The fourth-order valence-electron chi connectivity index (χ4n) is 3.42. The molecule has 3 heterocycles. The minimum Gasteiger partial charge on any atom is -0.381 e. The summed E-state index contributed by atoms with van der Waals surface area (Å²) in [7, 11) is 1.96. The monoisotopic (exact) mass is 339 g/mol. The Bertz CT molecular complexity index is 878. The average molecular weight is 339 g/mol. The van der Waals surface area contributed by atoms with Gasteiger partial charge in [0.05, 0.1) is 23.4 Å². The van der Waals surface area contributed by atoms with Gasteiger partial charge in [-0.25, -0.2) is 9.97 Å². The maximum absolute atomic E-state index is 12.9. The molecule has 0 spiro atoms. The Labute approximate surface area is 145 Å². The van der Waals surface area contributed by atoms with Crippen LogP contribution in [-0.2, 0) is 11.8 Å². The van der Waals surface area contributed by atoms with E-state index in [1.54, 1.807) is 18.6 Å². The summed E-state index contributed by atoms with van der Waals surface area (Å²) in [5.41, 5.74) is 2.32. The smallest absolute Gasteiger partial charge is 0.251 e. The van der Waals surface area contributed by atoms with Gasteiger partial charge in [-0.3, -0.25) is 4.79 Å². The van der Waals surface area contributed by atoms with Crippen LogP contribution in [-0.4, -0.2) is 38.6 Å². The molecule has 1 fully saturated rings. The maximum atomic E-state index is 12.9. The number of benzene rings is 1. The number of rotatable bonds is 4. The van der Waals surface area contributed by atoms with Gasteiger partial charge in [0.1, 0.15) is 5.82 Å². The molecule has 1 amide bonds. The molecule has 7 heteroatoms. The van der Waals surface area contributed by atoms with Crippen molar-refractivity contribution in [2.75, 3.05) is 13.2 Å². The molecule has 25 heavy (non-hydrogen) atoms. The van der Waals surface area contributed by atoms with E-state index in [2.05, 4.69) is 20.3 Å². The topological polar surface area (TPSA) is 84.8 Å². The molecule has 4 rings (SSSR count). The van der Waals surface area contributed by atoms with Crippen LogP contribution in [0.5, 0.6) is 0 Å². The number of imidazole rings is 2. The van der Waals surface area contributed by atoms with Gasteiger partial charge < -0.3 is 19.6 Å². The Kier molecular flexibility index (Phi) is 4.23. The van der Waals surface area contributed by atoms with Crippen LogP contribution in [0.25, 0.3) is 11.0 Å². The van der Waals surface area contributed by atoms with Crippen molar-refractivity contribution in [3.05, 3.63) is 48.3 Å². The van der Waals surface area contributed by atoms with E-state index in [0.717, 1.165) is 42.9 Å². The quantitative estimate of drug-likeness (QED) is 0.763. The number of aromatic nitrogens is 4. The summed E-state index contributed by atoms with van der Waals surface area (Å²) in [6.07, 6.45) is 7.13. The lowest BCUT2D eigenvalue weighted by Crippen LogP contribution is -2.37. The highest BCUT2D eigenvalue weighted by atomic mass is 16.5. The second-order valence-electron chi connectivity index (χ2n) is 6.43. The van der Waals surface area contributed by atoms with Gasteiger partial charge in [-0.1, -0.05) is 0 Å². The van der Waals surface area contributed by atoms with Crippen molar-refractivity contribution in [3.63, 3.8) is 0 Å². The van der Waals surface area contributed by atoms with E-state index in [-0.39, 0.29) is 11.9 Å². The Morgan fingerprint density at radius 3 is 2.96 bits per heavy atom. The van der Waals surface area contributed by atoms with Crippen LogP contribution >= 0.6 is 0 Å². The highest BCUT2D eigenvalue weighted by molar-refractivity contribution is 5.97.